The fraction of sp³-hybridized carbons (Fsp3) is 0.333. The van der Waals surface area contributed by atoms with E-state index in [-0.39, 0.29) is 30.4 Å². The highest BCUT2D eigenvalue weighted by Gasteiger charge is 2.40. The van der Waals surface area contributed by atoms with Crippen LogP contribution in [0.1, 0.15) is 23.7 Å². The Kier molecular flexibility index (Phi) is 4.91. The molecule has 2 aliphatic rings. The van der Waals surface area contributed by atoms with E-state index < -0.39 is 0 Å². The summed E-state index contributed by atoms with van der Waals surface area (Å²) in [5.41, 5.74) is 0.942. The number of carbonyl (C=O) groups excluding carboxylic acids is 2. The van der Waals surface area contributed by atoms with E-state index in [2.05, 4.69) is 15.5 Å². The molecule has 3 heterocycles. The number of hydrogen-bond acceptors (Lipinski definition) is 6. The Morgan fingerprint density at radius 1 is 1.26 bits per heavy atom. The topological polar surface area (TPSA) is 91.6 Å². The molecule has 0 saturated carbocycles. The largest absolute Gasteiger partial charge is 0.337 e. The fourth-order valence-corrected chi connectivity index (χ4v) is 3.33. The van der Waals surface area contributed by atoms with Crippen LogP contribution in [0, 0.1) is 0 Å². The van der Waals surface area contributed by atoms with E-state index >= 15 is 0 Å². The summed E-state index contributed by atoms with van der Waals surface area (Å²) in [4.78, 5) is 32.1. The van der Waals surface area contributed by atoms with Crippen molar-refractivity contribution >= 4 is 35.7 Å². The third-order valence-corrected chi connectivity index (χ3v) is 4.86. The van der Waals surface area contributed by atoms with E-state index in [4.69, 9.17) is 16.1 Å². The van der Waals surface area contributed by atoms with Crippen molar-refractivity contribution < 1.29 is 14.1 Å². The maximum absolute atomic E-state index is 12.6. The average Bonchev–Trinajstić information content (AvgIpc) is 3.12. The Bertz CT molecular complexity index is 879. The Balaban J connectivity index is 1.43. The number of hydrogen-bond donors (Lipinski definition) is 1. The molecule has 0 spiro atoms. The van der Waals surface area contributed by atoms with E-state index in [1.54, 1.807) is 23.1 Å². The van der Waals surface area contributed by atoms with Gasteiger partial charge in [-0.25, -0.2) is 4.79 Å². The summed E-state index contributed by atoms with van der Waals surface area (Å²) in [5, 5.41) is 7.74. The number of piperazine rings is 1. The zero-order valence-corrected chi connectivity index (χ0v) is 15.2. The van der Waals surface area contributed by atoms with Gasteiger partial charge in [-0.3, -0.25) is 9.69 Å². The van der Waals surface area contributed by atoms with Gasteiger partial charge in [0.15, 0.2) is 5.82 Å². The summed E-state index contributed by atoms with van der Waals surface area (Å²) in [5.74, 6) is 0.374. The van der Waals surface area contributed by atoms with Gasteiger partial charge < -0.3 is 14.7 Å². The highest BCUT2D eigenvalue weighted by molar-refractivity contribution is 6.30. The van der Waals surface area contributed by atoms with E-state index in [0.717, 1.165) is 12.1 Å². The zero-order chi connectivity index (χ0) is 18.8. The molecule has 1 aromatic carbocycles. The van der Waals surface area contributed by atoms with Crippen LogP contribution in [-0.4, -0.2) is 57.6 Å². The normalized spacial score (nSPS) is 20.4. The second kappa shape index (κ2) is 7.50. The van der Waals surface area contributed by atoms with Crippen molar-refractivity contribution in [2.45, 2.75) is 19.0 Å². The number of aromatic nitrogens is 2. The molecule has 0 radical (unpaired) electrons. The van der Waals surface area contributed by atoms with Gasteiger partial charge in [0.1, 0.15) is 6.54 Å². The molecule has 2 fully saturated rings. The summed E-state index contributed by atoms with van der Waals surface area (Å²) < 4.78 is 5.20. The van der Waals surface area contributed by atoms with E-state index in [0.29, 0.717) is 30.4 Å². The van der Waals surface area contributed by atoms with Crippen molar-refractivity contribution in [3.05, 3.63) is 46.6 Å². The number of amides is 3. The Labute approximate surface area is 160 Å². The van der Waals surface area contributed by atoms with Crippen molar-refractivity contribution in [3.63, 3.8) is 0 Å². The van der Waals surface area contributed by atoms with Gasteiger partial charge in [-0.05, 0) is 23.8 Å². The molecule has 27 heavy (non-hydrogen) atoms. The molecule has 140 valence electrons. The molecule has 1 N–H and O–H groups in total. The summed E-state index contributed by atoms with van der Waals surface area (Å²) in [6.45, 7) is 1.94. The molecule has 4 rings (SSSR count). The first kappa shape index (κ1) is 17.7. The number of halogens is 1. The molecule has 3 amide bonds. The molecule has 0 bridgehead atoms. The van der Waals surface area contributed by atoms with E-state index in [9.17, 15) is 9.59 Å². The summed E-state index contributed by atoms with van der Waals surface area (Å²) >= 11 is 5.86. The lowest BCUT2D eigenvalue weighted by atomic mass is 10.1. The molecule has 2 saturated heterocycles. The van der Waals surface area contributed by atoms with Gasteiger partial charge in [-0.2, -0.15) is 4.98 Å². The van der Waals surface area contributed by atoms with Gasteiger partial charge in [-0.15, -0.1) is 0 Å². The molecule has 2 aromatic rings. The quantitative estimate of drug-likeness (QED) is 0.862. The molecule has 1 aromatic heterocycles. The predicted molar refractivity (Wildman–Crippen MR) is 98.6 cm³/mol. The van der Waals surface area contributed by atoms with Crippen molar-refractivity contribution in [1.29, 1.82) is 0 Å². The van der Waals surface area contributed by atoms with E-state index in [1.165, 1.54) is 4.90 Å². The van der Waals surface area contributed by atoms with Crippen LogP contribution in [0.5, 0.6) is 0 Å². The number of carbonyl (C=O) groups is 2. The highest BCUT2D eigenvalue weighted by Crippen LogP contribution is 2.20. The average molecular weight is 388 g/mol. The fourth-order valence-electron chi connectivity index (χ4n) is 3.20. The molecule has 9 heteroatoms. The minimum atomic E-state index is -0.297. The minimum absolute atomic E-state index is 0.0178. The van der Waals surface area contributed by atoms with E-state index in [1.807, 2.05) is 18.2 Å². The molecule has 8 nitrogen and oxygen atoms in total. The van der Waals surface area contributed by atoms with Crippen LogP contribution in [0.15, 0.2) is 28.8 Å². The van der Waals surface area contributed by atoms with Gasteiger partial charge in [0.05, 0.1) is 6.04 Å². The number of rotatable bonds is 4. The van der Waals surface area contributed by atoms with Gasteiger partial charge in [-0.1, -0.05) is 35.0 Å². The third-order valence-electron chi connectivity index (χ3n) is 4.61. The van der Waals surface area contributed by atoms with Crippen LogP contribution in [0.2, 0.25) is 5.02 Å². The van der Waals surface area contributed by atoms with Gasteiger partial charge >= 0.3 is 6.03 Å². The number of imide groups is 1. The van der Waals surface area contributed by atoms with Crippen LogP contribution in [0.3, 0.4) is 0 Å². The van der Waals surface area contributed by atoms with Gasteiger partial charge in [0.2, 0.25) is 11.8 Å². The van der Waals surface area contributed by atoms with Crippen LogP contribution in [0.25, 0.3) is 12.2 Å². The van der Waals surface area contributed by atoms with Crippen LogP contribution >= 0.6 is 11.6 Å². The summed E-state index contributed by atoms with van der Waals surface area (Å²) in [7, 11) is 0. The van der Waals surface area contributed by atoms with Crippen molar-refractivity contribution in [2.75, 3.05) is 19.6 Å². The molecular formula is C18H18ClN5O3. The first-order valence-electron chi connectivity index (χ1n) is 8.68. The van der Waals surface area contributed by atoms with Gasteiger partial charge in [0.25, 0.3) is 0 Å². The highest BCUT2D eigenvalue weighted by atomic mass is 35.5. The molecular weight excluding hydrogens is 370 g/mol. The third kappa shape index (κ3) is 3.86. The number of fused-ring (bicyclic) bond motifs is 1. The first-order valence-corrected chi connectivity index (χ1v) is 9.06. The first-order chi connectivity index (χ1) is 13.1. The SMILES string of the molecule is O=C1CC2CNCCN2C(=O)N1Cc1nc(/C=C/c2ccc(Cl)cc2)no1. The second-order valence-electron chi connectivity index (χ2n) is 6.45. The Hall–Kier alpha value is -2.71. The monoisotopic (exact) mass is 387 g/mol. The minimum Gasteiger partial charge on any atom is -0.337 e. The van der Waals surface area contributed by atoms with Crippen LogP contribution in [0.4, 0.5) is 4.79 Å². The second-order valence-corrected chi connectivity index (χ2v) is 6.89. The summed E-state index contributed by atoms with van der Waals surface area (Å²) in [6, 6.07) is 6.95. The number of urea groups is 1. The number of benzene rings is 1. The number of nitrogens with zero attached hydrogens (tertiary/aromatic N) is 4. The van der Waals surface area contributed by atoms with Crippen LogP contribution in [-0.2, 0) is 11.3 Å². The smallest absolute Gasteiger partial charge is 0.327 e. The van der Waals surface area contributed by atoms with Crippen molar-refractivity contribution in [3.8, 4) is 0 Å². The zero-order valence-electron chi connectivity index (χ0n) is 14.5. The maximum Gasteiger partial charge on any atom is 0.327 e. The lowest BCUT2D eigenvalue weighted by Gasteiger charge is -2.42. The summed E-state index contributed by atoms with van der Waals surface area (Å²) in [6.07, 6.45) is 3.83. The Morgan fingerprint density at radius 3 is 2.89 bits per heavy atom. The predicted octanol–water partition coefficient (Wildman–Crippen LogP) is 2.02. The van der Waals surface area contributed by atoms with Crippen molar-refractivity contribution in [2.24, 2.45) is 0 Å². The molecule has 0 aliphatic carbocycles. The Morgan fingerprint density at radius 2 is 2.07 bits per heavy atom. The van der Waals surface area contributed by atoms with Gasteiger partial charge in [0, 0.05) is 31.1 Å². The standard InChI is InChI=1S/C18H18ClN5O3/c19-13-4-1-12(2-5-13)3-6-15-21-16(27-22-15)11-24-17(25)9-14-10-20-7-8-23(14)18(24)26/h1-6,14,20H,7-11H2/b6-3+. The lowest BCUT2D eigenvalue weighted by Crippen LogP contribution is -2.63. The maximum atomic E-state index is 12.6. The lowest BCUT2D eigenvalue weighted by molar-refractivity contribution is -0.133. The molecule has 1 unspecified atom stereocenters. The molecule has 2 aliphatic heterocycles. The molecule has 1 atom stereocenters. The number of nitrogens with one attached hydrogen (secondary N) is 1. The van der Waals surface area contributed by atoms with Crippen LogP contribution < -0.4 is 5.32 Å². The van der Waals surface area contributed by atoms with Crippen molar-refractivity contribution in [1.82, 2.24) is 25.3 Å².